The summed E-state index contributed by atoms with van der Waals surface area (Å²) >= 11 is 0. The molecule has 10 nitrogen and oxygen atoms in total. The van der Waals surface area contributed by atoms with E-state index in [4.69, 9.17) is 5.14 Å². The molecule has 0 bridgehead atoms. The molecule has 0 atom stereocenters. The van der Waals surface area contributed by atoms with Crippen LogP contribution < -0.4 is 10.1 Å². The number of rotatable bonds is 7. The van der Waals surface area contributed by atoms with Crippen LogP contribution in [0, 0.1) is 19.7 Å². The van der Waals surface area contributed by atoms with Gasteiger partial charge in [0.25, 0.3) is 10.0 Å². The molecule has 3 N–H and O–H groups in total. The first kappa shape index (κ1) is 34.1. The highest BCUT2D eigenvalue weighted by Gasteiger charge is 2.18. The molecule has 0 amide bonds. The SMILES string of the molecule is Cc1cncc(-c2cccnc2-c2ccc(S(=O)(=O)NF)cc2)c1.Cc1ncccc1-c1cccnc1-c1ccc(S(N)(=O)=O)c(F)c1. The molecular formula is C34H28F2N6O4S2. The zero-order valence-electron chi connectivity index (χ0n) is 25.5. The number of benzene rings is 2. The summed E-state index contributed by atoms with van der Waals surface area (Å²) in [6.07, 6.45) is 8.46. The van der Waals surface area contributed by atoms with Crippen molar-refractivity contribution in [3.63, 3.8) is 0 Å². The molecule has 0 aliphatic heterocycles. The van der Waals surface area contributed by atoms with E-state index in [0.29, 0.717) is 17.0 Å². The third-order valence-corrected chi connectivity index (χ3v) is 9.19. The van der Waals surface area contributed by atoms with Gasteiger partial charge in [0.05, 0.1) is 16.3 Å². The standard InChI is InChI=1S/2C17H14FN3O2S/c1-11-13(4-2-8-20-11)14-5-3-9-21-17(14)12-6-7-16(15(18)10-12)24(19,22)23;1-12-9-14(11-19-10-12)16-3-2-8-20-17(16)13-4-6-15(7-5-13)24(22,23)21-18/h2-10H,1H3,(H2,19,22,23);2-11,21H,1H3. The van der Waals surface area contributed by atoms with Crippen molar-refractivity contribution in [1.82, 2.24) is 24.9 Å². The lowest BCUT2D eigenvalue weighted by Gasteiger charge is -2.11. The molecule has 0 radical (unpaired) electrons. The summed E-state index contributed by atoms with van der Waals surface area (Å²) in [7, 11) is -8.22. The van der Waals surface area contributed by atoms with E-state index < -0.39 is 30.8 Å². The van der Waals surface area contributed by atoms with Crippen molar-refractivity contribution in [3.8, 4) is 44.8 Å². The van der Waals surface area contributed by atoms with E-state index in [9.17, 15) is 25.7 Å². The molecule has 4 aromatic heterocycles. The predicted molar refractivity (Wildman–Crippen MR) is 178 cm³/mol. The molecule has 0 saturated heterocycles. The van der Waals surface area contributed by atoms with Crippen LogP contribution in [0.2, 0.25) is 0 Å². The Labute approximate surface area is 276 Å². The van der Waals surface area contributed by atoms with E-state index in [1.807, 2.05) is 50.2 Å². The number of aromatic nitrogens is 4. The Hall–Kier alpha value is -5.28. The number of pyridine rings is 4. The number of aryl methyl sites for hydroxylation is 2. The van der Waals surface area contributed by atoms with Crippen molar-refractivity contribution in [3.05, 3.63) is 133 Å². The zero-order chi connectivity index (χ0) is 34.5. The monoisotopic (exact) mass is 686 g/mol. The summed E-state index contributed by atoms with van der Waals surface area (Å²) in [6.45, 7) is 3.83. The van der Waals surface area contributed by atoms with Gasteiger partial charge < -0.3 is 0 Å². The topological polar surface area (TPSA) is 158 Å². The molecule has 244 valence electrons. The molecule has 0 spiro atoms. The smallest absolute Gasteiger partial charge is 0.264 e. The Balaban J connectivity index is 0.000000188. The first-order valence-electron chi connectivity index (χ1n) is 14.2. The van der Waals surface area contributed by atoms with Gasteiger partial charge in [-0.3, -0.25) is 19.9 Å². The van der Waals surface area contributed by atoms with Crippen LogP contribution in [0.4, 0.5) is 8.87 Å². The van der Waals surface area contributed by atoms with Crippen LogP contribution in [0.1, 0.15) is 11.3 Å². The normalized spacial score (nSPS) is 11.4. The minimum Gasteiger partial charge on any atom is -0.264 e. The molecule has 0 unspecified atom stereocenters. The van der Waals surface area contributed by atoms with E-state index in [1.54, 1.807) is 49.2 Å². The van der Waals surface area contributed by atoms with Crippen LogP contribution in [0.5, 0.6) is 0 Å². The van der Waals surface area contributed by atoms with E-state index >= 15 is 0 Å². The maximum Gasteiger partial charge on any atom is 0.266 e. The predicted octanol–water partition coefficient (Wildman–Crippen LogP) is 6.19. The number of hydrogen-bond donors (Lipinski definition) is 2. The van der Waals surface area contributed by atoms with Crippen molar-refractivity contribution in [2.75, 3.05) is 0 Å². The van der Waals surface area contributed by atoms with Crippen molar-refractivity contribution < 1.29 is 25.7 Å². The summed E-state index contributed by atoms with van der Waals surface area (Å²) in [5.74, 6) is -0.908. The zero-order valence-corrected chi connectivity index (χ0v) is 27.2. The fourth-order valence-electron chi connectivity index (χ4n) is 4.91. The number of primary sulfonamides is 1. The van der Waals surface area contributed by atoms with E-state index in [-0.39, 0.29) is 4.90 Å². The Morgan fingerprint density at radius 2 is 1.25 bits per heavy atom. The van der Waals surface area contributed by atoms with Gasteiger partial charge in [0.15, 0.2) is 0 Å². The molecule has 0 fully saturated rings. The fraction of sp³-hybridized carbons (Fsp3) is 0.0588. The van der Waals surface area contributed by atoms with Gasteiger partial charge in [0.2, 0.25) is 10.0 Å². The number of nitrogens with zero attached hydrogens (tertiary/aromatic N) is 4. The van der Waals surface area contributed by atoms with Crippen LogP contribution in [-0.4, -0.2) is 36.8 Å². The Kier molecular flexibility index (Phi) is 10.1. The van der Waals surface area contributed by atoms with Crippen molar-refractivity contribution in [2.45, 2.75) is 23.6 Å². The van der Waals surface area contributed by atoms with Crippen LogP contribution in [0.25, 0.3) is 44.8 Å². The Bertz CT molecular complexity index is 2320. The highest BCUT2D eigenvalue weighted by molar-refractivity contribution is 7.89. The molecule has 0 saturated carbocycles. The molecule has 4 heterocycles. The van der Waals surface area contributed by atoms with Crippen LogP contribution in [0.15, 0.2) is 126 Å². The summed E-state index contributed by atoms with van der Waals surface area (Å²) < 4.78 is 72.1. The van der Waals surface area contributed by atoms with Crippen molar-refractivity contribution in [1.29, 1.82) is 0 Å². The maximum absolute atomic E-state index is 14.1. The number of sulfonamides is 2. The van der Waals surface area contributed by atoms with E-state index in [1.165, 1.54) is 18.2 Å². The van der Waals surface area contributed by atoms with Crippen molar-refractivity contribution in [2.24, 2.45) is 5.14 Å². The number of nitrogens with two attached hydrogens (primary N) is 1. The molecule has 2 aromatic carbocycles. The second-order valence-electron chi connectivity index (χ2n) is 10.5. The van der Waals surface area contributed by atoms with E-state index in [2.05, 4.69) is 19.9 Å². The first-order valence-corrected chi connectivity index (χ1v) is 17.2. The second-order valence-corrected chi connectivity index (χ2v) is 13.6. The molecule has 6 aromatic rings. The van der Waals surface area contributed by atoms with Gasteiger partial charge in [0.1, 0.15) is 10.7 Å². The summed E-state index contributed by atoms with van der Waals surface area (Å²) in [4.78, 5) is 17.3. The maximum atomic E-state index is 14.1. The van der Waals surface area contributed by atoms with Gasteiger partial charge in [0, 0.05) is 70.1 Å². The minimum absolute atomic E-state index is 0.150. The van der Waals surface area contributed by atoms with Crippen LogP contribution in [0.3, 0.4) is 0 Å². The number of hydrogen-bond acceptors (Lipinski definition) is 8. The second kappa shape index (κ2) is 14.2. The van der Waals surface area contributed by atoms with E-state index in [0.717, 1.165) is 56.2 Å². The van der Waals surface area contributed by atoms with Crippen molar-refractivity contribution >= 4 is 20.0 Å². The van der Waals surface area contributed by atoms with Gasteiger partial charge in [-0.15, -0.1) is 4.48 Å². The lowest BCUT2D eigenvalue weighted by atomic mass is 9.98. The van der Waals surface area contributed by atoms with Crippen LogP contribution in [-0.2, 0) is 20.0 Å². The fourth-order valence-corrected chi connectivity index (χ4v) is 6.08. The molecule has 48 heavy (non-hydrogen) atoms. The molecular weight excluding hydrogens is 659 g/mol. The Morgan fingerprint density at radius 3 is 1.83 bits per heavy atom. The van der Waals surface area contributed by atoms with Gasteiger partial charge in [-0.1, -0.05) is 36.4 Å². The molecule has 0 aliphatic carbocycles. The van der Waals surface area contributed by atoms with Crippen LogP contribution >= 0.6 is 0 Å². The Morgan fingerprint density at radius 1 is 0.667 bits per heavy atom. The quantitative estimate of drug-likeness (QED) is 0.188. The summed E-state index contributed by atoms with van der Waals surface area (Å²) in [6, 6.07) is 22.7. The van der Waals surface area contributed by atoms with Gasteiger partial charge >= 0.3 is 0 Å². The van der Waals surface area contributed by atoms with Gasteiger partial charge in [-0.25, -0.2) is 26.4 Å². The lowest BCUT2D eigenvalue weighted by Crippen LogP contribution is -2.14. The highest BCUT2D eigenvalue weighted by atomic mass is 32.2. The third-order valence-electron chi connectivity index (χ3n) is 7.15. The average Bonchev–Trinajstić information content (AvgIpc) is 3.08. The largest absolute Gasteiger partial charge is 0.266 e. The third kappa shape index (κ3) is 7.64. The summed E-state index contributed by atoms with van der Waals surface area (Å²) in [5, 5.41) is 5.00. The first-order chi connectivity index (χ1) is 22.9. The number of nitrogens with one attached hydrogen (secondary N) is 1. The lowest BCUT2D eigenvalue weighted by molar-refractivity contribution is 0.425. The molecule has 0 aliphatic rings. The summed E-state index contributed by atoms with van der Waals surface area (Å²) in [5.41, 5.74) is 7.71. The highest BCUT2D eigenvalue weighted by Crippen LogP contribution is 2.33. The van der Waals surface area contributed by atoms with Gasteiger partial charge in [-0.2, -0.15) is 0 Å². The molecule has 6 rings (SSSR count). The van der Waals surface area contributed by atoms with Gasteiger partial charge in [-0.05, 0) is 72.9 Å². The average molecular weight is 687 g/mol. The molecule has 14 heteroatoms. The number of halogens is 2. The minimum atomic E-state index is -4.11.